The van der Waals surface area contributed by atoms with Gasteiger partial charge in [-0.1, -0.05) is 11.6 Å². The van der Waals surface area contributed by atoms with Crippen molar-refractivity contribution < 1.29 is 23.8 Å². The highest BCUT2D eigenvalue weighted by atomic mass is 35.5. The van der Waals surface area contributed by atoms with Crippen LogP contribution in [0.2, 0.25) is 5.02 Å². The Hall–Kier alpha value is -2.27. The van der Waals surface area contributed by atoms with Crippen molar-refractivity contribution in [2.45, 2.75) is 6.61 Å². The molecule has 0 radical (unpaired) electrons. The Morgan fingerprint density at radius 3 is 2.71 bits per heavy atom. The molecule has 1 N–H and O–H groups in total. The minimum Gasteiger partial charge on any atom is -0.497 e. The quantitative estimate of drug-likeness (QED) is 0.913. The van der Waals surface area contributed by atoms with E-state index in [1.54, 1.807) is 6.07 Å². The molecule has 0 aromatic heterocycles. The molecular formula is C15H12ClFO4. The number of carboxylic acids is 1. The molecule has 0 heterocycles. The van der Waals surface area contributed by atoms with Gasteiger partial charge in [-0.15, -0.1) is 0 Å². The van der Waals surface area contributed by atoms with Crippen LogP contribution in [-0.2, 0) is 6.61 Å². The summed E-state index contributed by atoms with van der Waals surface area (Å²) in [6.07, 6.45) is 0. The third-order valence-electron chi connectivity index (χ3n) is 2.81. The Morgan fingerprint density at radius 2 is 2.05 bits per heavy atom. The number of benzene rings is 2. The first-order valence-corrected chi connectivity index (χ1v) is 6.37. The van der Waals surface area contributed by atoms with Crippen LogP contribution in [0.15, 0.2) is 36.4 Å². The minimum atomic E-state index is -1.14. The van der Waals surface area contributed by atoms with Gasteiger partial charge in [0.15, 0.2) is 0 Å². The first kappa shape index (κ1) is 15.1. The van der Waals surface area contributed by atoms with Crippen molar-refractivity contribution >= 4 is 17.6 Å². The number of hydrogen-bond donors (Lipinski definition) is 1. The fourth-order valence-corrected chi connectivity index (χ4v) is 1.91. The lowest BCUT2D eigenvalue weighted by Crippen LogP contribution is -2.04. The van der Waals surface area contributed by atoms with Gasteiger partial charge in [0.2, 0.25) is 0 Å². The summed E-state index contributed by atoms with van der Waals surface area (Å²) < 4.78 is 23.6. The smallest absolute Gasteiger partial charge is 0.339 e. The number of ether oxygens (including phenoxy) is 2. The first-order chi connectivity index (χ1) is 10.0. The van der Waals surface area contributed by atoms with Gasteiger partial charge in [0.05, 0.1) is 7.11 Å². The summed E-state index contributed by atoms with van der Waals surface area (Å²) in [4.78, 5) is 11.2. The fraction of sp³-hybridized carbons (Fsp3) is 0.133. The van der Waals surface area contributed by atoms with Crippen LogP contribution < -0.4 is 9.47 Å². The van der Waals surface area contributed by atoms with E-state index in [0.29, 0.717) is 16.3 Å². The molecule has 0 saturated carbocycles. The van der Waals surface area contributed by atoms with Gasteiger partial charge in [0.1, 0.15) is 29.5 Å². The van der Waals surface area contributed by atoms with Crippen LogP contribution >= 0.6 is 11.6 Å². The Labute approximate surface area is 125 Å². The van der Waals surface area contributed by atoms with Gasteiger partial charge in [0, 0.05) is 10.6 Å². The van der Waals surface area contributed by atoms with E-state index >= 15 is 0 Å². The second-order valence-corrected chi connectivity index (χ2v) is 4.60. The lowest BCUT2D eigenvalue weighted by molar-refractivity contribution is 0.0691. The van der Waals surface area contributed by atoms with E-state index in [0.717, 1.165) is 0 Å². The molecule has 0 aliphatic rings. The molecule has 0 unspecified atom stereocenters. The molecule has 0 spiro atoms. The number of hydrogen-bond acceptors (Lipinski definition) is 3. The molecule has 0 amide bonds. The number of aromatic carboxylic acids is 1. The van der Waals surface area contributed by atoms with E-state index in [1.165, 1.54) is 37.4 Å². The van der Waals surface area contributed by atoms with E-state index in [-0.39, 0.29) is 17.9 Å². The van der Waals surface area contributed by atoms with Crippen LogP contribution in [0.25, 0.3) is 0 Å². The fourth-order valence-electron chi connectivity index (χ4n) is 1.74. The summed E-state index contributed by atoms with van der Waals surface area (Å²) in [5, 5.41) is 9.51. The van der Waals surface area contributed by atoms with Crippen molar-refractivity contribution in [2.24, 2.45) is 0 Å². The zero-order valence-corrected chi connectivity index (χ0v) is 11.9. The summed E-state index contributed by atoms with van der Waals surface area (Å²) in [6, 6.07) is 8.31. The molecule has 0 bridgehead atoms. The predicted molar refractivity (Wildman–Crippen MR) is 75.7 cm³/mol. The number of halogens is 2. The Kier molecular flexibility index (Phi) is 4.65. The lowest BCUT2D eigenvalue weighted by Gasteiger charge is -2.11. The zero-order valence-electron chi connectivity index (χ0n) is 11.1. The van der Waals surface area contributed by atoms with Gasteiger partial charge in [-0.25, -0.2) is 9.18 Å². The molecule has 0 aliphatic heterocycles. The van der Waals surface area contributed by atoms with E-state index in [2.05, 4.69) is 0 Å². The van der Waals surface area contributed by atoms with E-state index < -0.39 is 11.8 Å². The van der Waals surface area contributed by atoms with Gasteiger partial charge in [0.25, 0.3) is 0 Å². The van der Waals surface area contributed by atoms with Gasteiger partial charge in [-0.2, -0.15) is 0 Å². The van der Waals surface area contributed by atoms with Crippen LogP contribution in [0, 0.1) is 5.82 Å². The Morgan fingerprint density at radius 1 is 1.29 bits per heavy atom. The number of rotatable bonds is 5. The molecule has 21 heavy (non-hydrogen) atoms. The van der Waals surface area contributed by atoms with Crippen molar-refractivity contribution in [3.8, 4) is 11.5 Å². The summed E-state index contributed by atoms with van der Waals surface area (Å²) >= 11 is 5.93. The Balaban J connectivity index is 2.23. The summed E-state index contributed by atoms with van der Waals surface area (Å²) in [5.74, 6) is -1.02. The summed E-state index contributed by atoms with van der Waals surface area (Å²) in [7, 11) is 1.44. The van der Waals surface area contributed by atoms with Crippen LogP contribution in [0.1, 0.15) is 15.9 Å². The monoisotopic (exact) mass is 310 g/mol. The third kappa shape index (κ3) is 3.64. The van der Waals surface area contributed by atoms with Gasteiger partial charge < -0.3 is 14.6 Å². The van der Waals surface area contributed by atoms with Crippen molar-refractivity contribution in [2.75, 3.05) is 7.11 Å². The zero-order chi connectivity index (χ0) is 15.4. The molecular weight excluding hydrogens is 299 g/mol. The SMILES string of the molecule is COc1ccc(OCc2cc(F)ccc2Cl)c(C(=O)O)c1. The topological polar surface area (TPSA) is 55.8 Å². The Bertz CT molecular complexity index is 673. The standard InChI is InChI=1S/C15H12ClFO4/c1-20-11-3-5-14(12(7-11)15(18)19)21-8-9-6-10(17)2-4-13(9)16/h2-7H,8H2,1H3,(H,18,19). The molecule has 6 heteroatoms. The van der Waals surface area contributed by atoms with Crippen LogP contribution in [0.4, 0.5) is 4.39 Å². The molecule has 0 atom stereocenters. The van der Waals surface area contributed by atoms with E-state index in [9.17, 15) is 9.18 Å². The first-order valence-electron chi connectivity index (χ1n) is 5.99. The molecule has 2 rings (SSSR count). The third-order valence-corrected chi connectivity index (χ3v) is 3.18. The maximum absolute atomic E-state index is 13.2. The highest BCUT2D eigenvalue weighted by Crippen LogP contribution is 2.26. The molecule has 0 fully saturated rings. The maximum atomic E-state index is 13.2. The second-order valence-electron chi connectivity index (χ2n) is 4.19. The molecule has 4 nitrogen and oxygen atoms in total. The number of carbonyl (C=O) groups is 1. The molecule has 0 aliphatic carbocycles. The number of methoxy groups -OCH3 is 1. The second kappa shape index (κ2) is 6.45. The molecule has 2 aromatic rings. The molecule has 110 valence electrons. The van der Waals surface area contributed by atoms with Crippen LogP contribution in [0.3, 0.4) is 0 Å². The summed E-state index contributed by atoms with van der Waals surface area (Å²) in [6.45, 7) is -0.0385. The minimum absolute atomic E-state index is 0.0385. The highest BCUT2D eigenvalue weighted by molar-refractivity contribution is 6.31. The maximum Gasteiger partial charge on any atom is 0.339 e. The van der Waals surface area contributed by atoms with Crippen LogP contribution in [-0.4, -0.2) is 18.2 Å². The van der Waals surface area contributed by atoms with E-state index in [4.69, 9.17) is 26.2 Å². The van der Waals surface area contributed by atoms with Gasteiger partial charge in [-0.3, -0.25) is 0 Å². The van der Waals surface area contributed by atoms with E-state index in [1.807, 2.05) is 0 Å². The van der Waals surface area contributed by atoms with Crippen molar-refractivity contribution in [1.29, 1.82) is 0 Å². The van der Waals surface area contributed by atoms with Crippen LogP contribution in [0.5, 0.6) is 11.5 Å². The van der Waals surface area contributed by atoms with Crippen molar-refractivity contribution in [3.63, 3.8) is 0 Å². The summed E-state index contributed by atoms with van der Waals surface area (Å²) in [5.41, 5.74) is 0.394. The highest BCUT2D eigenvalue weighted by Gasteiger charge is 2.13. The average Bonchev–Trinajstić information content (AvgIpc) is 2.48. The predicted octanol–water partition coefficient (Wildman–Crippen LogP) is 3.76. The average molecular weight is 311 g/mol. The largest absolute Gasteiger partial charge is 0.497 e. The lowest BCUT2D eigenvalue weighted by atomic mass is 10.2. The van der Waals surface area contributed by atoms with Crippen molar-refractivity contribution in [3.05, 3.63) is 58.4 Å². The normalized spacial score (nSPS) is 10.2. The van der Waals surface area contributed by atoms with Gasteiger partial charge in [-0.05, 0) is 36.4 Å². The van der Waals surface area contributed by atoms with Crippen molar-refractivity contribution in [1.82, 2.24) is 0 Å². The molecule has 0 saturated heterocycles. The number of carboxylic acid groups (broad SMARTS) is 1. The van der Waals surface area contributed by atoms with Gasteiger partial charge >= 0.3 is 5.97 Å². The molecule has 2 aromatic carbocycles.